The number of rotatable bonds is 4. The molecule has 0 bridgehead atoms. The van der Waals surface area contributed by atoms with Crippen molar-refractivity contribution in [3.8, 4) is 0 Å². The molecule has 0 radical (unpaired) electrons. The number of hydrogen-bond donors (Lipinski definition) is 0. The van der Waals surface area contributed by atoms with Crippen LogP contribution in [0.1, 0.15) is 68.7 Å². The van der Waals surface area contributed by atoms with Gasteiger partial charge >= 0.3 is 6.17 Å². The van der Waals surface area contributed by atoms with Gasteiger partial charge in [-0.25, -0.2) is 0 Å². The van der Waals surface area contributed by atoms with Crippen molar-refractivity contribution in [2.24, 2.45) is 0 Å². The minimum absolute atomic E-state index is 0.161. The van der Waals surface area contributed by atoms with Crippen LogP contribution in [-0.2, 0) is 0 Å². The third-order valence-corrected chi connectivity index (χ3v) is 7.50. The van der Waals surface area contributed by atoms with Crippen LogP contribution in [-0.4, -0.2) is 26.7 Å². The first-order valence-electron chi connectivity index (χ1n) is 12.5. The van der Waals surface area contributed by atoms with Crippen LogP contribution < -0.4 is 0 Å². The molecule has 0 amide bonds. The first kappa shape index (κ1) is 21.0. The lowest BCUT2D eigenvalue weighted by Crippen LogP contribution is -2.27. The molecule has 0 saturated heterocycles. The molecule has 0 saturated carbocycles. The summed E-state index contributed by atoms with van der Waals surface area (Å²) < 4.78 is 5.19. The van der Waals surface area contributed by atoms with E-state index in [1.54, 1.807) is 0 Å². The van der Waals surface area contributed by atoms with E-state index in [4.69, 9.17) is 0 Å². The van der Waals surface area contributed by atoms with Crippen molar-refractivity contribution in [2.45, 2.75) is 52.6 Å². The van der Waals surface area contributed by atoms with Crippen LogP contribution in [0.25, 0.3) is 10.8 Å². The highest BCUT2D eigenvalue weighted by Gasteiger charge is 2.53. The normalized spacial score (nSPS) is 15.4. The summed E-state index contributed by atoms with van der Waals surface area (Å²) in [6.45, 7) is 11.5. The fourth-order valence-electron chi connectivity index (χ4n) is 6.00. The molecule has 2 nitrogen and oxygen atoms in total. The molecule has 0 spiro atoms. The first-order chi connectivity index (χ1) is 16.5. The van der Waals surface area contributed by atoms with Crippen molar-refractivity contribution < 1.29 is 9.15 Å². The Hall–Kier alpha value is -3.52. The van der Waals surface area contributed by atoms with Crippen molar-refractivity contribution in [1.82, 2.24) is 0 Å². The van der Waals surface area contributed by atoms with Gasteiger partial charge in [0.25, 0.3) is 11.4 Å². The summed E-state index contributed by atoms with van der Waals surface area (Å²) in [5, 5.41) is 2.69. The Labute approximate surface area is 202 Å². The van der Waals surface area contributed by atoms with E-state index in [9.17, 15) is 0 Å². The minimum Gasteiger partial charge on any atom is -0.123 e. The van der Waals surface area contributed by atoms with Gasteiger partial charge in [0.15, 0.2) is 0 Å². The van der Waals surface area contributed by atoms with E-state index in [1.807, 2.05) is 0 Å². The highest BCUT2D eigenvalue weighted by atomic mass is 15.3. The van der Waals surface area contributed by atoms with E-state index in [2.05, 4.69) is 129 Å². The molecule has 0 fully saturated rings. The summed E-state index contributed by atoms with van der Waals surface area (Å²) in [5.74, 6) is 0.896. The van der Waals surface area contributed by atoms with Gasteiger partial charge in [0, 0.05) is 28.6 Å². The van der Waals surface area contributed by atoms with Crippen LogP contribution in [0.15, 0.2) is 84.9 Å². The molecule has 34 heavy (non-hydrogen) atoms. The Morgan fingerprint density at radius 1 is 0.559 bits per heavy atom. The Bertz CT molecular complexity index is 1410. The first-order valence-corrected chi connectivity index (χ1v) is 12.5. The average Bonchev–Trinajstić information content (AvgIpc) is 3.32. The second kappa shape index (κ2) is 7.77. The SMILES string of the molecule is CC(C)c1ccccc1[N+]1=C2C(=[N+](c3ccccc3C(C)C)C1C)c1cccc3cccc2c13. The Kier molecular flexibility index (Phi) is 4.81. The zero-order valence-electron chi connectivity index (χ0n) is 20.7. The summed E-state index contributed by atoms with van der Waals surface area (Å²) >= 11 is 0. The summed E-state index contributed by atoms with van der Waals surface area (Å²) in [5.41, 5.74) is 10.8. The van der Waals surface area contributed by atoms with Crippen LogP contribution in [0.2, 0.25) is 0 Å². The maximum atomic E-state index is 2.59. The molecular weight excluding hydrogens is 412 g/mol. The van der Waals surface area contributed by atoms with Crippen molar-refractivity contribution in [3.63, 3.8) is 0 Å². The van der Waals surface area contributed by atoms with Crippen molar-refractivity contribution in [1.29, 1.82) is 0 Å². The van der Waals surface area contributed by atoms with Crippen LogP contribution in [0, 0.1) is 0 Å². The van der Waals surface area contributed by atoms with Gasteiger partial charge < -0.3 is 0 Å². The standard InChI is InChI=1S/C32H32N2/c1-20(2)24-14-6-8-18-28(24)33-22(5)34(29-19-9-7-15-25(29)21(3)4)32-27-17-11-13-23-12-10-16-26(30(23)27)31(32)33/h6-22H,1-5H3/q+2. The van der Waals surface area contributed by atoms with E-state index in [0.29, 0.717) is 11.8 Å². The van der Waals surface area contributed by atoms with Crippen LogP contribution in [0.3, 0.4) is 0 Å². The highest BCUT2D eigenvalue weighted by molar-refractivity contribution is 6.58. The fraction of sp³-hybridized carbons (Fsp3) is 0.250. The molecule has 0 atom stereocenters. The molecule has 168 valence electrons. The number of hydrogen-bond acceptors (Lipinski definition) is 0. The van der Waals surface area contributed by atoms with Crippen LogP contribution in [0.4, 0.5) is 11.4 Å². The van der Waals surface area contributed by atoms with Gasteiger partial charge in [-0.2, -0.15) is 0 Å². The van der Waals surface area contributed by atoms with Gasteiger partial charge in [0.2, 0.25) is 11.4 Å². The Balaban J connectivity index is 1.74. The van der Waals surface area contributed by atoms with Gasteiger partial charge in [-0.3, -0.25) is 0 Å². The molecule has 4 aromatic rings. The molecule has 2 aliphatic rings. The second-order valence-electron chi connectivity index (χ2n) is 10.2. The van der Waals surface area contributed by atoms with E-state index in [1.165, 1.54) is 55.8 Å². The topological polar surface area (TPSA) is 6.02 Å². The average molecular weight is 445 g/mol. The van der Waals surface area contributed by atoms with E-state index < -0.39 is 0 Å². The Morgan fingerprint density at radius 3 is 1.44 bits per heavy atom. The molecule has 4 aromatic carbocycles. The van der Waals surface area contributed by atoms with E-state index in [0.717, 1.165) is 0 Å². The number of fused-ring (bicyclic) bond motifs is 3. The predicted octanol–water partition coefficient (Wildman–Crippen LogP) is 7.73. The maximum absolute atomic E-state index is 2.59. The van der Waals surface area contributed by atoms with Crippen molar-refractivity contribution in [3.05, 3.63) is 107 Å². The van der Waals surface area contributed by atoms with Gasteiger partial charge in [-0.1, -0.05) is 88.4 Å². The molecule has 0 aromatic heterocycles. The molecule has 1 aliphatic carbocycles. The monoisotopic (exact) mass is 444 g/mol. The summed E-state index contributed by atoms with van der Waals surface area (Å²) in [6.07, 6.45) is 0.161. The van der Waals surface area contributed by atoms with Gasteiger partial charge in [0.1, 0.15) is 0 Å². The molecule has 2 heteroatoms. The highest BCUT2D eigenvalue weighted by Crippen LogP contribution is 2.41. The van der Waals surface area contributed by atoms with Crippen LogP contribution >= 0.6 is 0 Å². The molecular formula is C32H32N2+2. The van der Waals surface area contributed by atoms with Gasteiger partial charge in [-0.15, -0.1) is 9.15 Å². The largest absolute Gasteiger partial charge is 0.351 e. The number of nitrogens with zero attached hydrogens (tertiary/aromatic N) is 2. The van der Waals surface area contributed by atoms with E-state index in [-0.39, 0.29) is 6.17 Å². The van der Waals surface area contributed by atoms with Gasteiger partial charge in [-0.05, 0) is 29.4 Å². The molecule has 6 rings (SSSR count). The minimum atomic E-state index is 0.161. The summed E-state index contributed by atoms with van der Waals surface area (Å²) in [6, 6.07) is 31.4. The maximum Gasteiger partial charge on any atom is 0.351 e. The molecule has 0 unspecified atom stereocenters. The van der Waals surface area contributed by atoms with Crippen LogP contribution in [0.5, 0.6) is 0 Å². The third kappa shape index (κ3) is 2.88. The zero-order chi connectivity index (χ0) is 23.6. The summed E-state index contributed by atoms with van der Waals surface area (Å²) in [7, 11) is 0. The predicted molar refractivity (Wildman–Crippen MR) is 143 cm³/mol. The third-order valence-electron chi connectivity index (χ3n) is 7.50. The molecule has 1 heterocycles. The lowest BCUT2D eigenvalue weighted by Gasteiger charge is -2.14. The smallest absolute Gasteiger partial charge is 0.123 e. The second-order valence-corrected chi connectivity index (χ2v) is 10.2. The lowest BCUT2D eigenvalue weighted by atomic mass is 9.99. The van der Waals surface area contributed by atoms with Crippen molar-refractivity contribution >= 4 is 33.6 Å². The Morgan fingerprint density at radius 2 is 1.00 bits per heavy atom. The molecule has 1 aliphatic heterocycles. The fourth-order valence-corrected chi connectivity index (χ4v) is 6.00. The van der Waals surface area contributed by atoms with E-state index >= 15 is 0 Å². The molecule has 0 N–H and O–H groups in total. The van der Waals surface area contributed by atoms with Gasteiger partial charge in [0.05, 0.1) is 18.1 Å². The van der Waals surface area contributed by atoms with Crippen molar-refractivity contribution in [2.75, 3.05) is 0 Å². The zero-order valence-corrected chi connectivity index (χ0v) is 20.7. The number of benzene rings is 4. The summed E-state index contributed by atoms with van der Waals surface area (Å²) in [4.78, 5) is 0. The lowest BCUT2D eigenvalue weighted by molar-refractivity contribution is -0.687. The number of para-hydroxylation sites is 2. The quantitative estimate of drug-likeness (QED) is 0.284.